The van der Waals surface area contributed by atoms with E-state index in [1.165, 1.54) is 4.90 Å². The number of hydrogen-bond acceptors (Lipinski definition) is 3. The minimum Gasteiger partial charge on any atom is -0.480 e. The number of carbonyl (C=O) groups excluding carboxylic acids is 1. The molecular formula is C15H20N2O3. The molecular weight excluding hydrogens is 256 g/mol. The van der Waals surface area contributed by atoms with Crippen LogP contribution in [0.5, 0.6) is 0 Å². The number of aliphatic carboxylic acids is 1. The van der Waals surface area contributed by atoms with Gasteiger partial charge in [0.2, 0.25) is 5.91 Å². The number of rotatable bonds is 4. The van der Waals surface area contributed by atoms with Gasteiger partial charge in [0.1, 0.15) is 6.04 Å². The van der Waals surface area contributed by atoms with Crippen molar-refractivity contribution in [2.45, 2.75) is 38.8 Å². The Hall–Kier alpha value is -1.88. The standard InChI is InChI=1S/C15H20N2O3/c1-9(2)7-11(16)14(18)17-12-6-4-3-5-10(12)8-13(17)15(19)20/h3-6,9,11,13H,7-8,16H2,1-2H3,(H,19,20). The Bertz CT molecular complexity index is 528. The molecule has 1 aromatic rings. The number of carboxylic acid groups (broad SMARTS) is 1. The fraction of sp³-hybridized carbons (Fsp3) is 0.467. The summed E-state index contributed by atoms with van der Waals surface area (Å²) in [7, 11) is 0. The van der Waals surface area contributed by atoms with Gasteiger partial charge in [-0.05, 0) is 24.0 Å². The normalized spacial score (nSPS) is 19.0. The molecule has 1 aliphatic rings. The fourth-order valence-corrected chi connectivity index (χ4v) is 2.64. The van der Waals surface area contributed by atoms with Crippen LogP contribution < -0.4 is 10.6 Å². The molecule has 0 saturated carbocycles. The molecule has 0 fully saturated rings. The second-order valence-electron chi connectivity index (χ2n) is 5.63. The van der Waals surface area contributed by atoms with Crippen molar-refractivity contribution in [2.75, 3.05) is 4.90 Å². The first kappa shape index (κ1) is 14.5. The quantitative estimate of drug-likeness (QED) is 0.870. The van der Waals surface area contributed by atoms with Gasteiger partial charge in [-0.25, -0.2) is 4.79 Å². The molecule has 2 rings (SSSR count). The van der Waals surface area contributed by atoms with Crippen LogP contribution in [0.3, 0.4) is 0 Å². The van der Waals surface area contributed by atoms with Gasteiger partial charge in [0.05, 0.1) is 6.04 Å². The zero-order valence-electron chi connectivity index (χ0n) is 11.7. The van der Waals surface area contributed by atoms with Crippen molar-refractivity contribution in [1.82, 2.24) is 0 Å². The number of nitrogens with two attached hydrogens (primary N) is 1. The molecule has 20 heavy (non-hydrogen) atoms. The molecule has 2 atom stereocenters. The summed E-state index contributed by atoms with van der Waals surface area (Å²) in [5.74, 6) is -1.02. The van der Waals surface area contributed by atoms with Gasteiger partial charge in [-0.1, -0.05) is 32.0 Å². The van der Waals surface area contributed by atoms with Crippen molar-refractivity contribution in [3.05, 3.63) is 29.8 Å². The molecule has 0 bridgehead atoms. The summed E-state index contributed by atoms with van der Waals surface area (Å²) in [4.78, 5) is 25.2. The van der Waals surface area contributed by atoms with E-state index < -0.39 is 18.1 Å². The highest BCUT2D eigenvalue weighted by molar-refractivity contribution is 6.04. The highest BCUT2D eigenvalue weighted by Gasteiger charge is 2.39. The number of para-hydroxylation sites is 1. The van der Waals surface area contributed by atoms with E-state index >= 15 is 0 Å². The lowest BCUT2D eigenvalue weighted by atomic mass is 10.0. The maximum absolute atomic E-state index is 12.5. The van der Waals surface area contributed by atoms with Crippen LogP contribution in [-0.2, 0) is 16.0 Å². The molecule has 0 radical (unpaired) electrons. The number of carboxylic acids is 1. The van der Waals surface area contributed by atoms with Gasteiger partial charge < -0.3 is 10.8 Å². The molecule has 0 spiro atoms. The molecule has 1 amide bonds. The van der Waals surface area contributed by atoms with Crippen LogP contribution in [0.2, 0.25) is 0 Å². The van der Waals surface area contributed by atoms with Gasteiger partial charge in [0, 0.05) is 12.1 Å². The molecule has 0 aliphatic carbocycles. The third-order valence-corrected chi connectivity index (χ3v) is 3.54. The summed E-state index contributed by atoms with van der Waals surface area (Å²) >= 11 is 0. The van der Waals surface area contributed by atoms with Crippen LogP contribution in [0.25, 0.3) is 0 Å². The van der Waals surface area contributed by atoms with Crippen LogP contribution in [-0.4, -0.2) is 29.1 Å². The van der Waals surface area contributed by atoms with Crippen LogP contribution in [0, 0.1) is 5.92 Å². The van der Waals surface area contributed by atoms with E-state index in [0.717, 1.165) is 5.56 Å². The third-order valence-electron chi connectivity index (χ3n) is 3.54. The van der Waals surface area contributed by atoms with Crippen molar-refractivity contribution in [1.29, 1.82) is 0 Å². The van der Waals surface area contributed by atoms with E-state index in [1.807, 2.05) is 26.0 Å². The first-order valence-electron chi connectivity index (χ1n) is 6.81. The molecule has 1 aliphatic heterocycles. The highest BCUT2D eigenvalue weighted by Crippen LogP contribution is 2.32. The molecule has 2 unspecified atom stereocenters. The van der Waals surface area contributed by atoms with Crippen LogP contribution >= 0.6 is 0 Å². The summed E-state index contributed by atoms with van der Waals surface area (Å²) in [5, 5.41) is 9.33. The number of carbonyl (C=O) groups is 2. The second kappa shape index (κ2) is 5.63. The highest BCUT2D eigenvalue weighted by atomic mass is 16.4. The van der Waals surface area contributed by atoms with Gasteiger partial charge in [0.15, 0.2) is 0 Å². The minimum atomic E-state index is -0.994. The van der Waals surface area contributed by atoms with E-state index in [4.69, 9.17) is 5.73 Å². The van der Waals surface area contributed by atoms with E-state index in [1.54, 1.807) is 12.1 Å². The van der Waals surface area contributed by atoms with Crippen molar-refractivity contribution < 1.29 is 14.7 Å². The number of amides is 1. The minimum absolute atomic E-state index is 0.287. The van der Waals surface area contributed by atoms with Gasteiger partial charge >= 0.3 is 5.97 Å². The summed E-state index contributed by atoms with van der Waals surface area (Å²) in [6.07, 6.45) is 0.884. The lowest BCUT2D eigenvalue weighted by Gasteiger charge is -2.26. The molecule has 3 N–H and O–H groups in total. The van der Waals surface area contributed by atoms with Gasteiger partial charge in [-0.15, -0.1) is 0 Å². The SMILES string of the molecule is CC(C)CC(N)C(=O)N1c2ccccc2CC1C(=O)O. The fourth-order valence-electron chi connectivity index (χ4n) is 2.64. The van der Waals surface area contributed by atoms with Gasteiger partial charge in [0.25, 0.3) is 0 Å². The lowest BCUT2D eigenvalue weighted by Crippen LogP contribution is -2.50. The summed E-state index contributed by atoms with van der Waals surface area (Å²) in [6.45, 7) is 3.97. The Morgan fingerprint density at radius 2 is 2.05 bits per heavy atom. The molecule has 1 heterocycles. The zero-order chi connectivity index (χ0) is 14.9. The van der Waals surface area contributed by atoms with Gasteiger partial charge in [-0.3, -0.25) is 9.69 Å². The first-order valence-corrected chi connectivity index (χ1v) is 6.81. The zero-order valence-corrected chi connectivity index (χ0v) is 11.7. The van der Waals surface area contributed by atoms with Crippen molar-refractivity contribution in [3.63, 3.8) is 0 Å². The number of benzene rings is 1. The predicted octanol–water partition coefficient (Wildman–Crippen LogP) is 1.40. The third kappa shape index (κ3) is 2.67. The van der Waals surface area contributed by atoms with Gasteiger partial charge in [-0.2, -0.15) is 0 Å². The van der Waals surface area contributed by atoms with E-state index in [-0.39, 0.29) is 11.8 Å². The van der Waals surface area contributed by atoms with E-state index in [9.17, 15) is 14.7 Å². The Morgan fingerprint density at radius 3 is 2.65 bits per heavy atom. The van der Waals surface area contributed by atoms with Crippen molar-refractivity contribution in [3.8, 4) is 0 Å². The summed E-state index contributed by atoms with van der Waals surface area (Å²) < 4.78 is 0. The molecule has 0 aromatic heterocycles. The maximum atomic E-state index is 12.5. The number of fused-ring (bicyclic) bond motifs is 1. The Labute approximate surface area is 118 Å². The Morgan fingerprint density at radius 1 is 1.40 bits per heavy atom. The number of nitrogens with zero attached hydrogens (tertiary/aromatic N) is 1. The smallest absolute Gasteiger partial charge is 0.327 e. The number of hydrogen-bond donors (Lipinski definition) is 2. The summed E-state index contributed by atoms with van der Waals surface area (Å²) in [6, 6.07) is 5.77. The maximum Gasteiger partial charge on any atom is 0.327 e. The number of anilines is 1. The van der Waals surface area contributed by atoms with Crippen molar-refractivity contribution >= 4 is 17.6 Å². The predicted molar refractivity (Wildman–Crippen MR) is 76.5 cm³/mol. The molecule has 1 aromatic carbocycles. The van der Waals surface area contributed by atoms with Crippen LogP contribution in [0.15, 0.2) is 24.3 Å². The van der Waals surface area contributed by atoms with E-state index in [0.29, 0.717) is 18.5 Å². The average Bonchev–Trinajstić information content (AvgIpc) is 2.76. The molecule has 0 saturated heterocycles. The van der Waals surface area contributed by atoms with Crippen LogP contribution in [0.1, 0.15) is 25.8 Å². The first-order chi connectivity index (χ1) is 9.41. The Balaban J connectivity index is 2.31. The molecule has 5 heteroatoms. The molecule has 5 nitrogen and oxygen atoms in total. The van der Waals surface area contributed by atoms with Crippen molar-refractivity contribution in [2.24, 2.45) is 11.7 Å². The molecule has 108 valence electrons. The topological polar surface area (TPSA) is 83.6 Å². The monoisotopic (exact) mass is 276 g/mol. The summed E-state index contributed by atoms with van der Waals surface area (Å²) in [5.41, 5.74) is 7.48. The lowest BCUT2D eigenvalue weighted by molar-refractivity contribution is -0.140. The van der Waals surface area contributed by atoms with E-state index in [2.05, 4.69) is 0 Å². The average molecular weight is 276 g/mol. The largest absolute Gasteiger partial charge is 0.480 e. The van der Waals surface area contributed by atoms with Crippen LogP contribution in [0.4, 0.5) is 5.69 Å². The second-order valence-corrected chi connectivity index (χ2v) is 5.63. The Kier molecular flexibility index (Phi) is 4.09.